The highest BCUT2D eigenvalue weighted by molar-refractivity contribution is 4.79. The summed E-state index contributed by atoms with van der Waals surface area (Å²) in [6.07, 6.45) is 8.53. The van der Waals surface area contributed by atoms with Crippen molar-refractivity contribution in [2.75, 3.05) is 6.61 Å². The largest absolute Gasteiger partial charge is 0.394 e. The highest BCUT2D eigenvalue weighted by Crippen LogP contribution is 2.25. The molecule has 0 spiro atoms. The van der Waals surface area contributed by atoms with Crippen LogP contribution in [0.5, 0.6) is 0 Å². The van der Waals surface area contributed by atoms with Crippen molar-refractivity contribution in [1.29, 1.82) is 0 Å². The SMILES string of the molecule is OCC1CCCC(n2ccnc2)O1. The number of aliphatic hydroxyl groups excluding tert-OH is 1. The lowest BCUT2D eigenvalue weighted by molar-refractivity contribution is -0.106. The highest BCUT2D eigenvalue weighted by Gasteiger charge is 2.22. The van der Waals surface area contributed by atoms with Crippen LogP contribution in [0.3, 0.4) is 0 Å². The molecule has 2 atom stereocenters. The summed E-state index contributed by atoms with van der Waals surface area (Å²) >= 11 is 0. The number of hydrogen-bond acceptors (Lipinski definition) is 3. The van der Waals surface area contributed by atoms with Gasteiger partial charge in [0, 0.05) is 12.4 Å². The van der Waals surface area contributed by atoms with E-state index in [4.69, 9.17) is 9.84 Å². The van der Waals surface area contributed by atoms with Crippen LogP contribution >= 0.6 is 0 Å². The standard InChI is InChI=1S/C9H14N2O2/c12-6-8-2-1-3-9(13-8)11-5-4-10-7-11/h4-5,7-9,12H,1-3,6H2. The zero-order valence-corrected chi connectivity index (χ0v) is 7.47. The molecule has 72 valence electrons. The van der Waals surface area contributed by atoms with Crippen LogP contribution in [0.1, 0.15) is 25.5 Å². The molecule has 4 heteroatoms. The average Bonchev–Trinajstić information content (AvgIpc) is 2.71. The first-order valence-electron chi connectivity index (χ1n) is 4.64. The molecule has 0 bridgehead atoms. The van der Waals surface area contributed by atoms with E-state index >= 15 is 0 Å². The van der Waals surface area contributed by atoms with Crippen LogP contribution < -0.4 is 0 Å². The second kappa shape index (κ2) is 3.89. The maximum absolute atomic E-state index is 8.96. The summed E-state index contributed by atoms with van der Waals surface area (Å²) in [5.41, 5.74) is 0. The highest BCUT2D eigenvalue weighted by atomic mass is 16.5. The molecule has 4 nitrogen and oxygen atoms in total. The minimum absolute atomic E-state index is 0.00106. The molecular formula is C9H14N2O2. The van der Waals surface area contributed by atoms with Gasteiger partial charge in [0.15, 0.2) is 0 Å². The molecule has 0 aliphatic carbocycles. The molecule has 2 rings (SSSR count). The van der Waals surface area contributed by atoms with E-state index in [0.717, 1.165) is 19.3 Å². The van der Waals surface area contributed by atoms with Gasteiger partial charge in [-0.1, -0.05) is 0 Å². The molecule has 1 fully saturated rings. The monoisotopic (exact) mass is 182 g/mol. The summed E-state index contributed by atoms with van der Waals surface area (Å²) in [5.74, 6) is 0. The van der Waals surface area contributed by atoms with E-state index in [1.807, 2.05) is 10.8 Å². The Morgan fingerprint density at radius 2 is 2.46 bits per heavy atom. The Morgan fingerprint density at radius 1 is 1.54 bits per heavy atom. The van der Waals surface area contributed by atoms with E-state index in [0.29, 0.717) is 0 Å². The third kappa shape index (κ3) is 1.89. The Balaban J connectivity index is 2.00. The van der Waals surface area contributed by atoms with Gasteiger partial charge in [0.25, 0.3) is 0 Å². The fourth-order valence-corrected chi connectivity index (χ4v) is 1.67. The number of ether oxygens (including phenoxy) is 1. The van der Waals surface area contributed by atoms with Gasteiger partial charge < -0.3 is 14.4 Å². The maximum Gasteiger partial charge on any atom is 0.135 e. The Hall–Kier alpha value is -0.870. The van der Waals surface area contributed by atoms with Crippen molar-refractivity contribution in [3.05, 3.63) is 18.7 Å². The molecule has 1 N–H and O–H groups in total. The van der Waals surface area contributed by atoms with Crippen molar-refractivity contribution >= 4 is 0 Å². The normalized spacial score (nSPS) is 29.0. The number of aliphatic hydroxyl groups is 1. The number of nitrogens with zero attached hydrogens (tertiary/aromatic N) is 2. The fourth-order valence-electron chi connectivity index (χ4n) is 1.67. The predicted molar refractivity (Wildman–Crippen MR) is 47.1 cm³/mol. The van der Waals surface area contributed by atoms with Crippen molar-refractivity contribution in [2.45, 2.75) is 31.6 Å². The van der Waals surface area contributed by atoms with Gasteiger partial charge in [-0.05, 0) is 19.3 Å². The minimum Gasteiger partial charge on any atom is -0.394 e. The molecule has 2 unspecified atom stereocenters. The van der Waals surface area contributed by atoms with Gasteiger partial charge in [0.05, 0.1) is 19.0 Å². The Kier molecular flexibility index (Phi) is 2.61. The minimum atomic E-state index is 0.00106. The summed E-state index contributed by atoms with van der Waals surface area (Å²) in [6, 6.07) is 0. The number of aromatic nitrogens is 2. The number of hydrogen-bond donors (Lipinski definition) is 1. The van der Waals surface area contributed by atoms with Crippen molar-refractivity contribution in [3.8, 4) is 0 Å². The molecule has 0 saturated carbocycles. The van der Waals surface area contributed by atoms with Crippen LogP contribution in [0.4, 0.5) is 0 Å². The number of imidazole rings is 1. The lowest BCUT2D eigenvalue weighted by atomic mass is 10.1. The Labute approximate surface area is 77.2 Å². The van der Waals surface area contributed by atoms with Gasteiger partial charge in [-0.3, -0.25) is 0 Å². The van der Waals surface area contributed by atoms with Crippen LogP contribution in [0, 0.1) is 0 Å². The van der Waals surface area contributed by atoms with Crippen molar-refractivity contribution < 1.29 is 9.84 Å². The smallest absolute Gasteiger partial charge is 0.135 e. The number of rotatable bonds is 2. The van der Waals surface area contributed by atoms with Crippen LogP contribution in [-0.2, 0) is 4.74 Å². The zero-order valence-electron chi connectivity index (χ0n) is 7.47. The molecule has 1 aliphatic rings. The average molecular weight is 182 g/mol. The summed E-state index contributed by atoms with van der Waals surface area (Å²) in [5, 5.41) is 8.96. The molecule has 1 aromatic heterocycles. The lowest BCUT2D eigenvalue weighted by Gasteiger charge is -2.29. The molecule has 1 saturated heterocycles. The first-order valence-corrected chi connectivity index (χ1v) is 4.64. The second-order valence-electron chi connectivity index (χ2n) is 3.34. The topological polar surface area (TPSA) is 47.3 Å². The van der Waals surface area contributed by atoms with E-state index in [-0.39, 0.29) is 18.9 Å². The van der Waals surface area contributed by atoms with Crippen LogP contribution in [0.2, 0.25) is 0 Å². The zero-order chi connectivity index (χ0) is 9.10. The lowest BCUT2D eigenvalue weighted by Crippen LogP contribution is -2.27. The second-order valence-corrected chi connectivity index (χ2v) is 3.34. The van der Waals surface area contributed by atoms with Crippen LogP contribution in [0.15, 0.2) is 18.7 Å². The van der Waals surface area contributed by atoms with E-state index in [1.165, 1.54) is 0 Å². The van der Waals surface area contributed by atoms with Crippen molar-refractivity contribution in [3.63, 3.8) is 0 Å². The Morgan fingerprint density at radius 3 is 3.15 bits per heavy atom. The van der Waals surface area contributed by atoms with Gasteiger partial charge in [0.1, 0.15) is 6.23 Å². The van der Waals surface area contributed by atoms with E-state index in [1.54, 1.807) is 12.5 Å². The molecule has 0 amide bonds. The molecule has 2 heterocycles. The molecule has 0 radical (unpaired) electrons. The van der Waals surface area contributed by atoms with E-state index in [9.17, 15) is 0 Å². The summed E-state index contributed by atoms with van der Waals surface area (Å²) in [7, 11) is 0. The van der Waals surface area contributed by atoms with Gasteiger partial charge >= 0.3 is 0 Å². The van der Waals surface area contributed by atoms with Crippen LogP contribution in [0.25, 0.3) is 0 Å². The van der Waals surface area contributed by atoms with Gasteiger partial charge in [-0.2, -0.15) is 0 Å². The summed E-state index contributed by atoms with van der Waals surface area (Å²) in [6.45, 7) is 0.116. The molecular weight excluding hydrogens is 168 g/mol. The third-order valence-corrected chi connectivity index (χ3v) is 2.39. The molecule has 1 aliphatic heterocycles. The van der Waals surface area contributed by atoms with Crippen molar-refractivity contribution in [2.24, 2.45) is 0 Å². The third-order valence-electron chi connectivity index (χ3n) is 2.39. The van der Waals surface area contributed by atoms with E-state index < -0.39 is 0 Å². The molecule has 13 heavy (non-hydrogen) atoms. The van der Waals surface area contributed by atoms with E-state index in [2.05, 4.69) is 4.98 Å². The summed E-state index contributed by atoms with van der Waals surface area (Å²) < 4.78 is 7.60. The fraction of sp³-hybridized carbons (Fsp3) is 0.667. The maximum atomic E-state index is 8.96. The first kappa shape index (κ1) is 8.72. The summed E-state index contributed by atoms with van der Waals surface area (Å²) in [4.78, 5) is 3.97. The van der Waals surface area contributed by atoms with Crippen LogP contribution in [-0.4, -0.2) is 27.4 Å². The molecule has 0 aromatic carbocycles. The van der Waals surface area contributed by atoms with Gasteiger partial charge in [-0.15, -0.1) is 0 Å². The quantitative estimate of drug-likeness (QED) is 0.740. The first-order chi connectivity index (χ1) is 6.40. The molecule has 1 aromatic rings. The Bertz CT molecular complexity index is 248. The van der Waals surface area contributed by atoms with Gasteiger partial charge in [-0.25, -0.2) is 4.98 Å². The van der Waals surface area contributed by atoms with Gasteiger partial charge in [0.2, 0.25) is 0 Å². The predicted octanol–water partition coefficient (Wildman–Crippen LogP) is 0.943. The van der Waals surface area contributed by atoms with Crippen molar-refractivity contribution in [1.82, 2.24) is 9.55 Å².